The lowest BCUT2D eigenvalue weighted by molar-refractivity contribution is -0.126. The molecular weight excluding hydrogens is 404 g/mol. The molecule has 0 saturated carbocycles. The Morgan fingerprint density at radius 3 is 2.45 bits per heavy atom. The van der Waals surface area contributed by atoms with Crippen molar-refractivity contribution in [1.29, 1.82) is 0 Å². The highest BCUT2D eigenvalue weighted by molar-refractivity contribution is 8.26. The minimum Gasteiger partial charge on any atom is -0.325 e. The lowest BCUT2D eigenvalue weighted by Gasteiger charge is -2.14. The van der Waals surface area contributed by atoms with Crippen LogP contribution in [-0.4, -0.2) is 33.4 Å². The maximum absolute atomic E-state index is 12.6. The molecule has 0 bridgehead atoms. The molecule has 0 aliphatic carbocycles. The van der Waals surface area contributed by atoms with Crippen LogP contribution in [0.2, 0.25) is 0 Å². The Kier molecular flexibility index (Phi) is 6.74. The standard InChI is InChI=1S/C22H18N2O3S2/c1-15(25)17-10-12-18(13-11-17)23-20(26)14-24-21(27)19(29-22(24)28)9-5-8-16-6-3-2-4-7-16/h2-13H,14H2,1H3,(H,23,26)/b8-5+,19-9+. The van der Waals surface area contributed by atoms with Crippen molar-refractivity contribution in [1.82, 2.24) is 4.90 Å². The van der Waals surface area contributed by atoms with Gasteiger partial charge in [-0.2, -0.15) is 0 Å². The fourth-order valence-electron chi connectivity index (χ4n) is 2.59. The highest BCUT2D eigenvalue weighted by Crippen LogP contribution is 2.30. The number of Topliss-reactive ketones (excluding diaryl/α,β-unsaturated/α-hetero) is 1. The first-order valence-electron chi connectivity index (χ1n) is 8.82. The van der Waals surface area contributed by atoms with Crippen molar-refractivity contribution in [3.63, 3.8) is 0 Å². The maximum Gasteiger partial charge on any atom is 0.266 e. The third-order valence-electron chi connectivity index (χ3n) is 4.09. The van der Waals surface area contributed by atoms with Crippen molar-refractivity contribution < 1.29 is 14.4 Å². The second-order valence-electron chi connectivity index (χ2n) is 6.24. The number of ketones is 1. The third kappa shape index (κ3) is 5.49. The minimum absolute atomic E-state index is 0.0476. The summed E-state index contributed by atoms with van der Waals surface area (Å²) >= 11 is 6.42. The monoisotopic (exact) mass is 422 g/mol. The predicted octanol–water partition coefficient (Wildman–Crippen LogP) is 4.29. The number of anilines is 1. The van der Waals surface area contributed by atoms with E-state index < -0.39 is 0 Å². The van der Waals surface area contributed by atoms with Gasteiger partial charge in [0.25, 0.3) is 5.91 Å². The van der Waals surface area contributed by atoms with Gasteiger partial charge in [-0.15, -0.1) is 0 Å². The van der Waals surface area contributed by atoms with Crippen LogP contribution in [0.5, 0.6) is 0 Å². The molecule has 2 aromatic rings. The largest absolute Gasteiger partial charge is 0.325 e. The first-order valence-corrected chi connectivity index (χ1v) is 10.0. The van der Waals surface area contributed by atoms with E-state index >= 15 is 0 Å². The third-order valence-corrected chi connectivity index (χ3v) is 5.48. The van der Waals surface area contributed by atoms with Crippen molar-refractivity contribution in [2.75, 3.05) is 11.9 Å². The van der Waals surface area contributed by atoms with Gasteiger partial charge >= 0.3 is 0 Å². The van der Waals surface area contributed by atoms with Gasteiger partial charge in [-0.25, -0.2) is 0 Å². The second-order valence-corrected chi connectivity index (χ2v) is 7.92. The molecule has 29 heavy (non-hydrogen) atoms. The van der Waals surface area contributed by atoms with E-state index in [1.165, 1.54) is 23.6 Å². The van der Waals surface area contributed by atoms with Gasteiger partial charge in [-0.1, -0.05) is 66.5 Å². The molecule has 2 aromatic carbocycles. The molecule has 0 aromatic heterocycles. The Balaban J connectivity index is 1.60. The zero-order chi connectivity index (χ0) is 20.8. The van der Waals surface area contributed by atoms with Crippen molar-refractivity contribution in [2.24, 2.45) is 0 Å². The number of benzene rings is 2. The molecule has 1 aliphatic heterocycles. The summed E-state index contributed by atoms with van der Waals surface area (Å²) in [5, 5.41) is 2.71. The van der Waals surface area contributed by atoms with E-state index in [9.17, 15) is 14.4 Å². The number of hydrogen-bond donors (Lipinski definition) is 1. The molecule has 0 atom stereocenters. The predicted molar refractivity (Wildman–Crippen MR) is 121 cm³/mol. The van der Waals surface area contributed by atoms with Crippen LogP contribution in [-0.2, 0) is 9.59 Å². The molecule has 0 unspecified atom stereocenters. The molecule has 1 heterocycles. The fourth-order valence-corrected chi connectivity index (χ4v) is 3.80. The van der Waals surface area contributed by atoms with E-state index in [0.717, 1.165) is 5.56 Å². The topological polar surface area (TPSA) is 66.5 Å². The van der Waals surface area contributed by atoms with Gasteiger partial charge in [-0.3, -0.25) is 19.3 Å². The number of hydrogen-bond acceptors (Lipinski definition) is 5. The Morgan fingerprint density at radius 2 is 1.79 bits per heavy atom. The zero-order valence-electron chi connectivity index (χ0n) is 15.6. The Labute approximate surface area is 178 Å². The van der Waals surface area contributed by atoms with Crippen molar-refractivity contribution in [3.05, 3.63) is 82.8 Å². The summed E-state index contributed by atoms with van der Waals surface area (Å²) in [5.74, 6) is -0.703. The van der Waals surface area contributed by atoms with Crippen LogP contribution in [0.1, 0.15) is 22.8 Å². The molecule has 1 saturated heterocycles. The number of nitrogens with zero attached hydrogens (tertiary/aromatic N) is 1. The Hall–Kier alpha value is -3.03. The number of amides is 2. The summed E-state index contributed by atoms with van der Waals surface area (Å²) in [6.07, 6.45) is 5.38. The van der Waals surface area contributed by atoms with Crippen LogP contribution >= 0.6 is 24.0 Å². The summed E-state index contributed by atoms with van der Waals surface area (Å²) in [6.45, 7) is 1.31. The Bertz CT molecular complexity index is 1010. The molecule has 5 nitrogen and oxygen atoms in total. The second kappa shape index (κ2) is 9.45. The SMILES string of the molecule is CC(=O)c1ccc(NC(=O)CN2C(=O)/C(=C\C=C\c3ccccc3)SC2=S)cc1. The van der Waals surface area contributed by atoms with Gasteiger partial charge in [0, 0.05) is 11.3 Å². The number of allylic oxidation sites excluding steroid dienone is 2. The van der Waals surface area contributed by atoms with Crippen molar-refractivity contribution in [2.45, 2.75) is 6.92 Å². The maximum atomic E-state index is 12.6. The van der Waals surface area contributed by atoms with Crippen LogP contribution in [0.3, 0.4) is 0 Å². The lowest BCUT2D eigenvalue weighted by atomic mass is 10.1. The summed E-state index contributed by atoms with van der Waals surface area (Å²) in [7, 11) is 0. The summed E-state index contributed by atoms with van der Waals surface area (Å²) < 4.78 is 0.344. The average Bonchev–Trinajstić information content (AvgIpc) is 2.97. The van der Waals surface area contributed by atoms with E-state index in [0.29, 0.717) is 20.5 Å². The van der Waals surface area contributed by atoms with Gasteiger partial charge in [0.2, 0.25) is 5.91 Å². The molecule has 1 N–H and O–H groups in total. The van der Waals surface area contributed by atoms with Gasteiger partial charge in [0.1, 0.15) is 10.9 Å². The van der Waals surface area contributed by atoms with Gasteiger partial charge in [0.15, 0.2) is 5.78 Å². The van der Waals surface area contributed by atoms with Crippen LogP contribution in [0.4, 0.5) is 5.69 Å². The minimum atomic E-state index is -0.363. The first-order chi connectivity index (χ1) is 13.9. The number of carbonyl (C=O) groups excluding carboxylic acids is 3. The average molecular weight is 423 g/mol. The van der Waals surface area contributed by atoms with Crippen molar-refractivity contribution in [3.8, 4) is 0 Å². The van der Waals surface area contributed by atoms with Crippen LogP contribution < -0.4 is 5.32 Å². The molecule has 7 heteroatoms. The van der Waals surface area contributed by atoms with Crippen LogP contribution in [0, 0.1) is 0 Å². The number of thioether (sulfide) groups is 1. The van der Waals surface area contributed by atoms with Crippen LogP contribution in [0.25, 0.3) is 6.08 Å². The highest BCUT2D eigenvalue weighted by atomic mass is 32.2. The molecule has 146 valence electrons. The Morgan fingerprint density at radius 1 is 1.10 bits per heavy atom. The lowest BCUT2D eigenvalue weighted by Crippen LogP contribution is -2.36. The fraction of sp³-hybridized carbons (Fsp3) is 0.0909. The van der Waals surface area contributed by atoms with Crippen molar-refractivity contribution >= 4 is 57.7 Å². The normalized spacial score (nSPS) is 15.3. The van der Waals surface area contributed by atoms with E-state index in [4.69, 9.17) is 12.2 Å². The molecular formula is C22H18N2O3S2. The molecule has 3 rings (SSSR count). The molecule has 0 radical (unpaired) electrons. The van der Waals surface area contributed by atoms with Gasteiger partial charge < -0.3 is 5.32 Å². The van der Waals surface area contributed by atoms with Crippen LogP contribution in [0.15, 0.2) is 71.7 Å². The zero-order valence-corrected chi connectivity index (χ0v) is 17.3. The first kappa shape index (κ1) is 20.7. The van der Waals surface area contributed by atoms with E-state index in [1.807, 2.05) is 36.4 Å². The summed E-state index contributed by atoms with van der Waals surface area (Å²) in [5.41, 5.74) is 2.13. The van der Waals surface area contributed by atoms with E-state index in [-0.39, 0.29) is 24.1 Å². The molecule has 0 spiro atoms. The molecule has 1 aliphatic rings. The highest BCUT2D eigenvalue weighted by Gasteiger charge is 2.33. The number of rotatable bonds is 6. The van der Waals surface area contributed by atoms with Gasteiger partial charge in [-0.05, 0) is 42.8 Å². The summed E-state index contributed by atoms with van der Waals surface area (Å²) in [4.78, 5) is 37.9. The number of carbonyl (C=O) groups is 3. The van der Waals surface area contributed by atoms with E-state index in [1.54, 1.807) is 36.4 Å². The summed E-state index contributed by atoms with van der Waals surface area (Å²) in [6, 6.07) is 16.3. The quantitative estimate of drug-likeness (QED) is 0.427. The van der Waals surface area contributed by atoms with Gasteiger partial charge in [0.05, 0.1) is 4.91 Å². The number of thiocarbonyl (C=S) groups is 1. The molecule has 1 fully saturated rings. The smallest absolute Gasteiger partial charge is 0.266 e. The van der Waals surface area contributed by atoms with E-state index in [2.05, 4.69) is 5.32 Å². The molecule has 2 amide bonds. The number of nitrogens with one attached hydrogen (secondary N) is 1.